The smallest absolute Gasteiger partial charge is 0.182 e. The molecule has 6 heteroatoms. The van der Waals surface area contributed by atoms with Crippen LogP contribution in [0.2, 0.25) is 0 Å². The van der Waals surface area contributed by atoms with Gasteiger partial charge in [-0.05, 0) is 37.6 Å². The normalized spacial score (nSPS) is 19.0. The van der Waals surface area contributed by atoms with Crippen molar-refractivity contribution in [1.82, 2.24) is 25.1 Å². The van der Waals surface area contributed by atoms with Crippen LogP contribution in [-0.2, 0) is 6.54 Å². The van der Waals surface area contributed by atoms with Crippen LogP contribution < -0.4 is 0 Å². The Morgan fingerprint density at radius 3 is 3.17 bits per heavy atom. The number of rotatable bonds is 4. The molecule has 0 saturated carbocycles. The first kappa shape index (κ1) is 14.1. The van der Waals surface area contributed by atoms with E-state index in [2.05, 4.69) is 25.1 Å². The predicted octanol–water partition coefficient (Wildman–Crippen LogP) is 2.84. The molecule has 6 nitrogen and oxygen atoms in total. The van der Waals surface area contributed by atoms with Crippen molar-refractivity contribution in [1.29, 1.82) is 0 Å². The van der Waals surface area contributed by atoms with Crippen LogP contribution in [0.4, 0.5) is 0 Å². The van der Waals surface area contributed by atoms with Gasteiger partial charge >= 0.3 is 0 Å². The largest absolute Gasteiger partial charge is 0.472 e. The Labute approximate surface area is 134 Å². The average molecular weight is 309 g/mol. The molecule has 0 unspecified atom stereocenters. The molecule has 0 amide bonds. The van der Waals surface area contributed by atoms with E-state index in [-0.39, 0.29) is 0 Å². The number of furan rings is 1. The summed E-state index contributed by atoms with van der Waals surface area (Å²) in [5.41, 5.74) is 2.17. The monoisotopic (exact) mass is 309 g/mol. The summed E-state index contributed by atoms with van der Waals surface area (Å²) in [7, 11) is 0. The van der Waals surface area contributed by atoms with E-state index in [1.165, 1.54) is 12.0 Å². The Hall–Kier alpha value is -2.47. The number of pyridine rings is 1. The summed E-state index contributed by atoms with van der Waals surface area (Å²) in [6.45, 7) is 3.04. The highest BCUT2D eigenvalue weighted by Gasteiger charge is 2.24. The van der Waals surface area contributed by atoms with Gasteiger partial charge in [0, 0.05) is 42.5 Å². The van der Waals surface area contributed by atoms with E-state index in [0.29, 0.717) is 5.92 Å². The van der Waals surface area contributed by atoms with Gasteiger partial charge in [-0.1, -0.05) is 0 Å². The summed E-state index contributed by atoms with van der Waals surface area (Å²) in [5.74, 6) is 2.09. The van der Waals surface area contributed by atoms with E-state index in [1.54, 1.807) is 18.7 Å². The third-order valence-corrected chi connectivity index (χ3v) is 4.30. The molecule has 1 N–H and O–H groups in total. The summed E-state index contributed by atoms with van der Waals surface area (Å²) in [4.78, 5) is 11.3. The Kier molecular flexibility index (Phi) is 3.90. The van der Waals surface area contributed by atoms with E-state index < -0.39 is 0 Å². The van der Waals surface area contributed by atoms with E-state index in [9.17, 15) is 0 Å². The van der Waals surface area contributed by atoms with Crippen LogP contribution in [0.3, 0.4) is 0 Å². The summed E-state index contributed by atoms with van der Waals surface area (Å²) in [5, 5.41) is 7.47. The Balaban J connectivity index is 1.46. The van der Waals surface area contributed by atoms with Gasteiger partial charge in [0.05, 0.1) is 12.5 Å². The molecular weight excluding hydrogens is 290 g/mol. The molecule has 0 aliphatic carbocycles. The fourth-order valence-electron chi connectivity index (χ4n) is 3.14. The van der Waals surface area contributed by atoms with Gasteiger partial charge < -0.3 is 4.42 Å². The van der Waals surface area contributed by atoms with Gasteiger partial charge in [-0.3, -0.25) is 15.0 Å². The average Bonchev–Trinajstić information content (AvgIpc) is 3.28. The van der Waals surface area contributed by atoms with Crippen LogP contribution in [0.15, 0.2) is 47.5 Å². The standard InChI is InChI=1S/C17H19N5O/c1-3-14(9-18-6-1)16-19-17(21-20-16)15-4-2-7-22(11-15)10-13-5-8-23-12-13/h1,3,5-6,8-9,12,15H,2,4,7,10-11H2,(H,19,20,21)/t15-/m0/s1. The summed E-state index contributed by atoms with van der Waals surface area (Å²) >= 11 is 0. The minimum atomic E-state index is 0.397. The molecule has 1 saturated heterocycles. The van der Waals surface area contributed by atoms with Gasteiger partial charge in [-0.15, -0.1) is 0 Å². The zero-order valence-corrected chi connectivity index (χ0v) is 12.9. The van der Waals surface area contributed by atoms with Crippen LogP contribution >= 0.6 is 0 Å². The molecular formula is C17H19N5O. The zero-order chi connectivity index (χ0) is 15.5. The van der Waals surface area contributed by atoms with Crippen LogP contribution in [0.25, 0.3) is 11.4 Å². The molecule has 3 aromatic heterocycles. The summed E-state index contributed by atoms with van der Waals surface area (Å²) in [6, 6.07) is 5.91. The Morgan fingerprint density at radius 1 is 1.35 bits per heavy atom. The summed E-state index contributed by atoms with van der Waals surface area (Å²) in [6.07, 6.45) is 9.41. The Morgan fingerprint density at radius 2 is 2.35 bits per heavy atom. The van der Waals surface area contributed by atoms with Crippen LogP contribution in [-0.4, -0.2) is 38.2 Å². The molecule has 23 heavy (non-hydrogen) atoms. The highest BCUT2D eigenvalue weighted by Crippen LogP contribution is 2.26. The highest BCUT2D eigenvalue weighted by molar-refractivity contribution is 5.52. The maximum atomic E-state index is 5.16. The van der Waals surface area contributed by atoms with Gasteiger partial charge in [0.1, 0.15) is 5.82 Å². The van der Waals surface area contributed by atoms with Gasteiger partial charge in [-0.2, -0.15) is 5.10 Å². The lowest BCUT2D eigenvalue weighted by Gasteiger charge is -2.31. The van der Waals surface area contributed by atoms with Gasteiger partial charge in [0.15, 0.2) is 5.82 Å². The second-order valence-electron chi connectivity index (χ2n) is 5.99. The molecule has 1 aliphatic heterocycles. The second-order valence-corrected chi connectivity index (χ2v) is 5.99. The number of nitrogens with zero attached hydrogens (tertiary/aromatic N) is 4. The minimum absolute atomic E-state index is 0.397. The number of hydrogen-bond acceptors (Lipinski definition) is 5. The number of H-pyrrole nitrogens is 1. The highest BCUT2D eigenvalue weighted by atomic mass is 16.3. The quantitative estimate of drug-likeness (QED) is 0.802. The lowest BCUT2D eigenvalue weighted by atomic mass is 9.97. The van der Waals surface area contributed by atoms with Crippen LogP contribution in [0, 0.1) is 0 Å². The third-order valence-electron chi connectivity index (χ3n) is 4.30. The molecule has 4 heterocycles. The van der Waals surface area contributed by atoms with E-state index in [0.717, 1.165) is 43.3 Å². The number of piperidine rings is 1. The first-order valence-electron chi connectivity index (χ1n) is 7.94. The molecule has 1 aliphatic rings. The molecule has 0 radical (unpaired) electrons. The fraction of sp³-hybridized carbons (Fsp3) is 0.353. The zero-order valence-electron chi connectivity index (χ0n) is 12.9. The van der Waals surface area contributed by atoms with Crippen molar-refractivity contribution in [2.75, 3.05) is 13.1 Å². The van der Waals surface area contributed by atoms with Crippen molar-refractivity contribution in [3.63, 3.8) is 0 Å². The topological polar surface area (TPSA) is 70.8 Å². The maximum Gasteiger partial charge on any atom is 0.182 e. The third kappa shape index (κ3) is 3.17. The van der Waals surface area contributed by atoms with Crippen molar-refractivity contribution in [2.24, 2.45) is 0 Å². The van der Waals surface area contributed by atoms with Crippen molar-refractivity contribution >= 4 is 0 Å². The molecule has 1 fully saturated rings. The van der Waals surface area contributed by atoms with Crippen molar-refractivity contribution in [3.8, 4) is 11.4 Å². The van der Waals surface area contributed by atoms with Crippen molar-refractivity contribution in [2.45, 2.75) is 25.3 Å². The number of aromatic nitrogens is 4. The molecule has 4 rings (SSSR count). The maximum absolute atomic E-state index is 5.16. The number of nitrogens with one attached hydrogen (secondary N) is 1. The van der Waals surface area contributed by atoms with E-state index >= 15 is 0 Å². The summed E-state index contributed by atoms with van der Waals surface area (Å²) < 4.78 is 5.16. The molecule has 3 aromatic rings. The second kappa shape index (κ2) is 6.34. The molecule has 0 spiro atoms. The number of hydrogen-bond donors (Lipinski definition) is 1. The van der Waals surface area contributed by atoms with Gasteiger partial charge in [0.25, 0.3) is 0 Å². The molecule has 1 atom stereocenters. The predicted molar refractivity (Wildman–Crippen MR) is 85.6 cm³/mol. The van der Waals surface area contributed by atoms with Gasteiger partial charge in [-0.25, -0.2) is 4.98 Å². The first-order chi connectivity index (χ1) is 11.4. The number of aromatic amines is 1. The Bertz CT molecular complexity index is 737. The van der Waals surface area contributed by atoms with E-state index in [4.69, 9.17) is 4.42 Å². The SMILES string of the molecule is c1cncc(-c2n[nH]c([C@H]3CCCN(Cc4ccoc4)C3)n2)c1. The van der Waals surface area contributed by atoms with Crippen LogP contribution in [0.5, 0.6) is 0 Å². The molecule has 0 bridgehead atoms. The van der Waals surface area contributed by atoms with Crippen LogP contribution in [0.1, 0.15) is 30.1 Å². The molecule has 118 valence electrons. The number of likely N-dealkylation sites (tertiary alicyclic amines) is 1. The lowest BCUT2D eigenvalue weighted by molar-refractivity contribution is 0.196. The van der Waals surface area contributed by atoms with Crippen molar-refractivity contribution < 1.29 is 4.42 Å². The van der Waals surface area contributed by atoms with E-state index in [1.807, 2.05) is 24.5 Å². The lowest BCUT2D eigenvalue weighted by Crippen LogP contribution is -2.34. The van der Waals surface area contributed by atoms with Gasteiger partial charge in [0.2, 0.25) is 0 Å². The van der Waals surface area contributed by atoms with Crippen molar-refractivity contribution in [3.05, 3.63) is 54.5 Å². The first-order valence-corrected chi connectivity index (χ1v) is 7.94. The fourth-order valence-corrected chi connectivity index (χ4v) is 3.14. The molecule has 0 aromatic carbocycles. The minimum Gasteiger partial charge on any atom is -0.472 e.